The third-order valence-electron chi connectivity index (χ3n) is 3.16. The minimum Gasteiger partial charge on any atom is -0.489 e. The molecule has 0 bridgehead atoms. The summed E-state index contributed by atoms with van der Waals surface area (Å²) in [5.41, 5.74) is 6.56. The number of primary amides is 1. The van der Waals surface area contributed by atoms with Gasteiger partial charge in [-0.25, -0.2) is 0 Å². The first kappa shape index (κ1) is 17.0. The Balaban J connectivity index is 2.09. The first-order valence-electron chi connectivity index (χ1n) is 7.03. The van der Waals surface area contributed by atoms with Crippen LogP contribution in [0, 0.1) is 0 Å². The van der Waals surface area contributed by atoms with Gasteiger partial charge in [-0.3, -0.25) is 9.59 Å². The van der Waals surface area contributed by atoms with Gasteiger partial charge >= 0.3 is 0 Å². The molecule has 0 aliphatic carbocycles. The highest BCUT2D eigenvalue weighted by molar-refractivity contribution is 9.10. The normalized spacial score (nSPS) is 11.6. The molecule has 0 aliphatic heterocycles. The van der Waals surface area contributed by atoms with E-state index < -0.39 is 11.9 Å². The number of rotatable bonds is 6. The van der Waals surface area contributed by atoms with Gasteiger partial charge in [0.15, 0.2) is 0 Å². The highest BCUT2D eigenvalue weighted by Gasteiger charge is 2.15. The number of nitrogens with two attached hydrogens (primary N) is 1. The van der Waals surface area contributed by atoms with Crippen LogP contribution in [-0.2, 0) is 11.4 Å². The van der Waals surface area contributed by atoms with Crippen molar-refractivity contribution >= 4 is 27.7 Å². The summed E-state index contributed by atoms with van der Waals surface area (Å²) in [6, 6.07) is 14.0. The fourth-order valence-corrected chi connectivity index (χ4v) is 2.34. The smallest absolute Gasteiger partial charge is 0.252 e. The molecule has 2 aromatic rings. The molecular weight excluding hydrogens is 360 g/mol. The summed E-state index contributed by atoms with van der Waals surface area (Å²) in [6.45, 7) is 1.93. The van der Waals surface area contributed by atoms with Crippen LogP contribution in [0.3, 0.4) is 0 Å². The third-order valence-corrected chi connectivity index (χ3v) is 3.61. The lowest BCUT2D eigenvalue weighted by atomic mass is 10.2. The second kappa shape index (κ2) is 7.78. The van der Waals surface area contributed by atoms with Crippen molar-refractivity contribution < 1.29 is 14.3 Å². The highest BCUT2D eigenvalue weighted by atomic mass is 79.9. The van der Waals surface area contributed by atoms with Crippen LogP contribution in [0.1, 0.15) is 22.8 Å². The monoisotopic (exact) mass is 376 g/mol. The Bertz CT molecular complexity index is 704. The number of amides is 2. The van der Waals surface area contributed by atoms with Gasteiger partial charge in [-0.1, -0.05) is 46.3 Å². The van der Waals surface area contributed by atoms with Crippen LogP contribution in [-0.4, -0.2) is 17.9 Å². The molecule has 3 N–H and O–H groups in total. The van der Waals surface area contributed by atoms with Crippen molar-refractivity contribution in [2.75, 3.05) is 0 Å². The fraction of sp³-hybridized carbons (Fsp3) is 0.176. The van der Waals surface area contributed by atoms with Crippen molar-refractivity contribution in [1.82, 2.24) is 5.32 Å². The molecule has 0 saturated carbocycles. The number of hydrogen-bond donors (Lipinski definition) is 2. The predicted molar refractivity (Wildman–Crippen MR) is 91.0 cm³/mol. The molecule has 1 atom stereocenters. The molecule has 23 heavy (non-hydrogen) atoms. The molecule has 0 radical (unpaired) electrons. The Morgan fingerprint density at radius 1 is 1.22 bits per heavy atom. The van der Waals surface area contributed by atoms with Crippen molar-refractivity contribution in [1.29, 1.82) is 0 Å². The number of carbonyl (C=O) groups excluding carboxylic acids is 2. The molecule has 0 fully saturated rings. The summed E-state index contributed by atoms with van der Waals surface area (Å²) in [6.07, 6.45) is 0. The van der Waals surface area contributed by atoms with Crippen LogP contribution >= 0.6 is 15.9 Å². The minimum atomic E-state index is -0.741. The third kappa shape index (κ3) is 5.10. The van der Waals surface area contributed by atoms with Gasteiger partial charge in [-0.2, -0.15) is 0 Å². The standard InChI is InChI=1S/C17H17BrN2O3/c1-11(16(19)21)20-17(22)13-7-14(18)9-15(8-13)23-10-12-5-3-2-4-6-12/h2-9,11H,10H2,1H3,(H2,19,21)(H,20,22). The second-order valence-electron chi connectivity index (χ2n) is 5.05. The zero-order valence-electron chi connectivity index (χ0n) is 12.6. The summed E-state index contributed by atoms with van der Waals surface area (Å²) < 4.78 is 6.42. The average Bonchev–Trinajstić information content (AvgIpc) is 2.53. The van der Waals surface area contributed by atoms with Crippen LogP contribution in [0.15, 0.2) is 53.0 Å². The zero-order valence-corrected chi connectivity index (χ0v) is 14.2. The second-order valence-corrected chi connectivity index (χ2v) is 5.96. The molecule has 0 heterocycles. The average molecular weight is 377 g/mol. The lowest BCUT2D eigenvalue weighted by Gasteiger charge is -2.12. The maximum atomic E-state index is 12.1. The van der Waals surface area contributed by atoms with Crippen molar-refractivity contribution in [2.45, 2.75) is 19.6 Å². The van der Waals surface area contributed by atoms with E-state index >= 15 is 0 Å². The number of hydrogen-bond acceptors (Lipinski definition) is 3. The SMILES string of the molecule is CC(NC(=O)c1cc(Br)cc(OCc2ccccc2)c1)C(N)=O. The number of benzene rings is 2. The molecule has 2 rings (SSSR count). The van der Waals surface area contributed by atoms with Gasteiger partial charge in [-0.15, -0.1) is 0 Å². The van der Waals surface area contributed by atoms with Crippen molar-refractivity contribution in [3.8, 4) is 5.75 Å². The van der Waals surface area contributed by atoms with E-state index in [4.69, 9.17) is 10.5 Å². The number of carbonyl (C=O) groups is 2. The van der Waals surface area contributed by atoms with Gasteiger partial charge in [0.1, 0.15) is 18.4 Å². The molecule has 0 aromatic heterocycles. The Morgan fingerprint density at radius 3 is 2.57 bits per heavy atom. The number of ether oxygens (including phenoxy) is 1. The van der Waals surface area contributed by atoms with E-state index in [0.29, 0.717) is 22.4 Å². The molecule has 120 valence electrons. The van der Waals surface area contributed by atoms with E-state index in [0.717, 1.165) is 5.56 Å². The molecule has 6 heteroatoms. The van der Waals surface area contributed by atoms with Crippen LogP contribution < -0.4 is 15.8 Å². The quantitative estimate of drug-likeness (QED) is 0.812. The Morgan fingerprint density at radius 2 is 1.91 bits per heavy atom. The summed E-state index contributed by atoms with van der Waals surface area (Å²) in [4.78, 5) is 23.2. The van der Waals surface area contributed by atoms with Crippen molar-refractivity contribution in [2.24, 2.45) is 5.73 Å². The van der Waals surface area contributed by atoms with Crippen LogP contribution in [0.4, 0.5) is 0 Å². The molecule has 0 spiro atoms. The maximum absolute atomic E-state index is 12.1. The van der Waals surface area contributed by atoms with Crippen LogP contribution in [0.2, 0.25) is 0 Å². The van der Waals surface area contributed by atoms with Crippen molar-refractivity contribution in [3.05, 3.63) is 64.1 Å². The Hall–Kier alpha value is -2.34. The first-order chi connectivity index (χ1) is 11.0. The van der Waals surface area contributed by atoms with E-state index in [-0.39, 0.29) is 5.91 Å². The minimum absolute atomic E-state index is 0.385. The molecular formula is C17H17BrN2O3. The van der Waals surface area contributed by atoms with Gasteiger partial charge in [0, 0.05) is 10.0 Å². The van der Waals surface area contributed by atoms with E-state index in [1.807, 2.05) is 30.3 Å². The van der Waals surface area contributed by atoms with Crippen LogP contribution in [0.25, 0.3) is 0 Å². The summed E-state index contributed by atoms with van der Waals surface area (Å²) in [5.74, 6) is -0.420. The fourth-order valence-electron chi connectivity index (χ4n) is 1.87. The lowest BCUT2D eigenvalue weighted by Crippen LogP contribution is -2.42. The number of halogens is 1. The molecule has 2 amide bonds. The Kier molecular flexibility index (Phi) is 5.76. The molecule has 1 unspecified atom stereocenters. The van der Waals surface area contributed by atoms with E-state index in [1.54, 1.807) is 18.2 Å². The zero-order chi connectivity index (χ0) is 16.8. The van der Waals surface area contributed by atoms with E-state index in [2.05, 4.69) is 21.2 Å². The van der Waals surface area contributed by atoms with Crippen LogP contribution in [0.5, 0.6) is 5.75 Å². The summed E-state index contributed by atoms with van der Waals surface area (Å²) in [5, 5.41) is 2.53. The topological polar surface area (TPSA) is 81.4 Å². The number of nitrogens with one attached hydrogen (secondary N) is 1. The van der Waals surface area contributed by atoms with Gasteiger partial charge in [-0.05, 0) is 30.7 Å². The predicted octanol–water partition coefficient (Wildman–Crippen LogP) is 2.63. The van der Waals surface area contributed by atoms with Gasteiger partial charge in [0.2, 0.25) is 5.91 Å². The summed E-state index contributed by atoms with van der Waals surface area (Å²) in [7, 11) is 0. The molecule has 0 aliphatic rings. The first-order valence-corrected chi connectivity index (χ1v) is 7.82. The summed E-state index contributed by atoms with van der Waals surface area (Å²) >= 11 is 3.35. The van der Waals surface area contributed by atoms with Gasteiger partial charge < -0.3 is 15.8 Å². The Labute approximate surface area is 143 Å². The largest absolute Gasteiger partial charge is 0.489 e. The van der Waals surface area contributed by atoms with Gasteiger partial charge in [0.25, 0.3) is 5.91 Å². The van der Waals surface area contributed by atoms with Gasteiger partial charge in [0.05, 0.1) is 0 Å². The molecule has 2 aromatic carbocycles. The lowest BCUT2D eigenvalue weighted by molar-refractivity contribution is -0.119. The molecule has 5 nitrogen and oxygen atoms in total. The molecule has 0 saturated heterocycles. The van der Waals surface area contributed by atoms with E-state index in [9.17, 15) is 9.59 Å². The highest BCUT2D eigenvalue weighted by Crippen LogP contribution is 2.22. The van der Waals surface area contributed by atoms with Crippen molar-refractivity contribution in [3.63, 3.8) is 0 Å². The van der Waals surface area contributed by atoms with E-state index in [1.165, 1.54) is 6.92 Å². The maximum Gasteiger partial charge on any atom is 0.252 e.